The number of nitrogens with two attached hydrogens (primary N) is 1. The van der Waals surface area contributed by atoms with Gasteiger partial charge >= 0.3 is 0 Å². The van der Waals surface area contributed by atoms with Gasteiger partial charge in [-0.25, -0.2) is 4.98 Å². The zero-order valence-electron chi connectivity index (χ0n) is 10.5. The summed E-state index contributed by atoms with van der Waals surface area (Å²) in [7, 11) is 1.55. The summed E-state index contributed by atoms with van der Waals surface area (Å²) in [6, 6.07) is 6.77. The molecular weight excluding hydrogens is 390 g/mol. The smallest absolute Gasteiger partial charge is 0.259 e. The maximum Gasteiger partial charge on any atom is 0.259 e. The molecule has 3 N–H and O–H groups in total. The molecule has 1 aromatic carbocycles. The highest BCUT2D eigenvalue weighted by Crippen LogP contribution is 2.34. The quantitative estimate of drug-likeness (QED) is 0.827. The predicted octanol–water partition coefficient (Wildman–Crippen LogP) is 3.45. The fourth-order valence-electron chi connectivity index (χ4n) is 1.58. The average molecular weight is 401 g/mol. The van der Waals surface area contributed by atoms with Crippen molar-refractivity contribution in [2.75, 3.05) is 18.2 Å². The van der Waals surface area contributed by atoms with Gasteiger partial charge in [0.05, 0.1) is 22.8 Å². The van der Waals surface area contributed by atoms with Crippen LogP contribution in [-0.4, -0.2) is 18.0 Å². The molecule has 1 amide bonds. The van der Waals surface area contributed by atoms with Crippen molar-refractivity contribution in [1.82, 2.24) is 4.98 Å². The van der Waals surface area contributed by atoms with Crippen LogP contribution < -0.4 is 15.8 Å². The molecule has 0 unspecified atom stereocenters. The number of anilines is 2. The highest BCUT2D eigenvalue weighted by Gasteiger charge is 2.13. The fourth-order valence-corrected chi connectivity index (χ4v) is 2.84. The molecule has 0 saturated carbocycles. The van der Waals surface area contributed by atoms with Crippen LogP contribution in [0.2, 0.25) is 0 Å². The fraction of sp³-hybridized carbons (Fsp3) is 0.0769. The number of aromatic nitrogens is 1. The summed E-state index contributed by atoms with van der Waals surface area (Å²) >= 11 is 6.75. The zero-order valence-corrected chi connectivity index (χ0v) is 13.7. The van der Waals surface area contributed by atoms with E-state index >= 15 is 0 Å². The lowest BCUT2D eigenvalue weighted by Crippen LogP contribution is -2.15. The number of pyridine rings is 1. The van der Waals surface area contributed by atoms with E-state index in [0.29, 0.717) is 17.0 Å². The van der Waals surface area contributed by atoms with Crippen LogP contribution in [0.25, 0.3) is 0 Å². The van der Waals surface area contributed by atoms with Gasteiger partial charge in [-0.15, -0.1) is 0 Å². The van der Waals surface area contributed by atoms with Crippen LogP contribution >= 0.6 is 31.9 Å². The molecule has 0 bridgehead atoms. The Labute approximate surface area is 132 Å². The Morgan fingerprint density at radius 1 is 1.35 bits per heavy atom. The zero-order chi connectivity index (χ0) is 14.7. The number of carbonyl (C=O) groups is 1. The van der Waals surface area contributed by atoms with Gasteiger partial charge in [-0.05, 0) is 50.1 Å². The van der Waals surface area contributed by atoms with Gasteiger partial charge in [-0.3, -0.25) is 4.79 Å². The van der Waals surface area contributed by atoms with E-state index in [4.69, 9.17) is 10.5 Å². The highest BCUT2D eigenvalue weighted by atomic mass is 79.9. The first-order valence-corrected chi connectivity index (χ1v) is 7.16. The Balaban J connectivity index is 2.31. The summed E-state index contributed by atoms with van der Waals surface area (Å²) in [6.45, 7) is 0. The van der Waals surface area contributed by atoms with Gasteiger partial charge in [0.25, 0.3) is 5.91 Å². The molecule has 0 radical (unpaired) electrons. The summed E-state index contributed by atoms with van der Waals surface area (Å²) in [6.07, 6.45) is 1.53. The number of nitrogen functional groups attached to an aromatic ring is 1. The number of benzene rings is 1. The number of ether oxygens (including phenoxy) is 1. The molecule has 0 atom stereocenters. The number of rotatable bonds is 3. The number of hydrogen-bond acceptors (Lipinski definition) is 4. The second-order valence-electron chi connectivity index (χ2n) is 3.86. The van der Waals surface area contributed by atoms with Gasteiger partial charge in [0.1, 0.15) is 11.6 Å². The van der Waals surface area contributed by atoms with Crippen LogP contribution in [0, 0.1) is 0 Å². The number of methoxy groups -OCH3 is 1. The lowest BCUT2D eigenvalue weighted by atomic mass is 10.2. The molecule has 0 fully saturated rings. The van der Waals surface area contributed by atoms with E-state index in [2.05, 4.69) is 42.2 Å². The van der Waals surface area contributed by atoms with Crippen molar-refractivity contribution in [2.45, 2.75) is 0 Å². The first-order valence-electron chi connectivity index (χ1n) is 5.57. The van der Waals surface area contributed by atoms with Gasteiger partial charge in [0.2, 0.25) is 0 Å². The van der Waals surface area contributed by atoms with Gasteiger partial charge in [-0.2, -0.15) is 0 Å². The normalized spacial score (nSPS) is 10.2. The first-order chi connectivity index (χ1) is 9.52. The van der Waals surface area contributed by atoms with Crippen LogP contribution in [0.15, 0.2) is 39.4 Å². The number of halogens is 2. The number of nitrogens with zero attached hydrogens (tertiary/aromatic N) is 1. The van der Waals surface area contributed by atoms with Crippen LogP contribution in [-0.2, 0) is 0 Å². The second kappa shape index (κ2) is 6.23. The number of amides is 1. The minimum atomic E-state index is -0.333. The summed E-state index contributed by atoms with van der Waals surface area (Å²) in [4.78, 5) is 16.1. The van der Waals surface area contributed by atoms with Crippen molar-refractivity contribution in [3.05, 3.63) is 45.0 Å². The maximum atomic E-state index is 12.2. The molecule has 1 aromatic heterocycles. The molecular formula is C13H11Br2N3O2. The standard InChI is InChI=1S/C13H11Br2N3O2/c1-20-11-6-10(8(14)5-9(11)15)18-13(19)7-3-2-4-17-12(7)16/h2-6H,1H3,(H2,16,17)(H,18,19). The van der Waals surface area contributed by atoms with E-state index in [1.54, 1.807) is 31.4 Å². The summed E-state index contributed by atoms with van der Waals surface area (Å²) in [5, 5.41) is 2.76. The van der Waals surface area contributed by atoms with E-state index in [0.717, 1.165) is 8.95 Å². The van der Waals surface area contributed by atoms with Crippen LogP contribution in [0.5, 0.6) is 5.75 Å². The van der Waals surface area contributed by atoms with E-state index in [1.165, 1.54) is 6.20 Å². The van der Waals surface area contributed by atoms with Crippen molar-refractivity contribution in [3.63, 3.8) is 0 Å². The minimum absolute atomic E-state index is 0.185. The Morgan fingerprint density at radius 3 is 2.75 bits per heavy atom. The molecule has 7 heteroatoms. The molecule has 0 aliphatic carbocycles. The monoisotopic (exact) mass is 399 g/mol. The third-order valence-electron chi connectivity index (χ3n) is 2.57. The molecule has 0 aliphatic heterocycles. The van der Waals surface area contributed by atoms with Crippen LogP contribution in [0.3, 0.4) is 0 Å². The van der Waals surface area contributed by atoms with E-state index in [-0.39, 0.29) is 11.7 Å². The minimum Gasteiger partial charge on any atom is -0.495 e. The average Bonchev–Trinajstić information content (AvgIpc) is 2.42. The van der Waals surface area contributed by atoms with Gasteiger partial charge < -0.3 is 15.8 Å². The van der Waals surface area contributed by atoms with Crippen molar-refractivity contribution in [2.24, 2.45) is 0 Å². The second-order valence-corrected chi connectivity index (χ2v) is 5.57. The van der Waals surface area contributed by atoms with Crippen LogP contribution in [0.1, 0.15) is 10.4 Å². The van der Waals surface area contributed by atoms with Gasteiger partial charge in [0, 0.05) is 16.7 Å². The topological polar surface area (TPSA) is 77.2 Å². The predicted molar refractivity (Wildman–Crippen MR) is 85.0 cm³/mol. The van der Waals surface area contributed by atoms with E-state index in [1.807, 2.05) is 0 Å². The Kier molecular flexibility index (Phi) is 4.61. The summed E-state index contributed by atoms with van der Waals surface area (Å²) in [5.41, 5.74) is 6.58. The molecule has 1 heterocycles. The third kappa shape index (κ3) is 3.10. The molecule has 0 saturated heterocycles. The largest absolute Gasteiger partial charge is 0.495 e. The van der Waals surface area contributed by atoms with Crippen molar-refractivity contribution in [1.29, 1.82) is 0 Å². The molecule has 2 rings (SSSR count). The molecule has 5 nitrogen and oxygen atoms in total. The summed E-state index contributed by atoms with van der Waals surface area (Å²) < 4.78 is 6.70. The van der Waals surface area contributed by atoms with Crippen molar-refractivity contribution in [3.8, 4) is 5.75 Å². The highest BCUT2D eigenvalue weighted by molar-refractivity contribution is 9.11. The molecule has 0 spiro atoms. The van der Waals surface area contributed by atoms with E-state index < -0.39 is 0 Å². The maximum absolute atomic E-state index is 12.2. The molecule has 20 heavy (non-hydrogen) atoms. The Morgan fingerprint density at radius 2 is 2.10 bits per heavy atom. The molecule has 0 aliphatic rings. The van der Waals surface area contributed by atoms with Gasteiger partial charge in [-0.1, -0.05) is 0 Å². The van der Waals surface area contributed by atoms with E-state index in [9.17, 15) is 4.79 Å². The summed E-state index contributed by atoms with van der Waals surface area (Å²) in [5.74, 6) is 0.466. The molecule has 104 valence electrons. The Bertz CT molecular complexity index is 662. The first kappa shape index (κ1) is 14.8. The molecule has 2 aromatic rings. The third-order valence-corrected chi connectivity index (χ3v) is 3.85. The van der Waals surface area contributed by atoms with Crippen molar-refractivity contribution >= 4 is 49.3 Å². The van der Waals surface area contributed by atoms with Crippen molar-refractivity contribution < 1.29 is 9.53 Å². The SMILES string of the molecule is COc1cc(NC(=O)c2cccnc2N)c(Br)cc1Br. The number of carbonyl (C=O) groups excluding carboxylic acids is 1. The lowest BCUT2D eigenvalue weighted by Gasteiger charge is -2.11. The van der Waals surface area contributed by atoms with Gasteiger partial charge in [0.15, 0.2) is 0 Å². The van der Waals surface area contributed by atoms with Crippen LogP contribution in [0.4, 0.5) is 11.5 Å². The number of nitrogens with one attached hydrogen (secondary N) is 1. The number of hydrogen-bond donors (Lipinski definition) is 2. The Hall–Kier alpha value is -1.60. The lowest BCUT2D eigenvalue weighted by molar-refractivity contribution is 0.102.